The second-order valence-electron chi connectivity index (χ2n) is 15.5. The summed E-state index contributed by atoms with van der Waals surface area (Å²) in [6.45, 7) is 72.0. The predicted molar refractivity (Wildman–Crippen MR) is 438 cm³/mol. The summed E-state index contributed by atoms with van der Waals surface area (Å²) in [6.07, 6.45) is 15.1. The number of aryl methyl sites for hydroxylation is 2. The van der Waals surface area contributed by atoms with Crippen LogP contribution in [0.1, 0.15) is 215 Å². The van der Waals surface area contributed by atoms with Gasteiger partial charge in [-0.25, -0.2) is 0 Å². The van der Waals surface area contributed by atoms with E-state index in [9.17, 15) is 4.79 Å². The molecule has 1 aliphatic rings. The summed E-state index contributed by atoms with van der Waals surface area (Å²) in [4.78, 5) is 101. The zero-order chi connectivity index (χ0) is 82.5. The molecule has 97 heavy (non-hydrogen) atoms. The highest BCUT2D eigenvalue weighted by Crippen LogP contribution is 2.07. The van der Waals surface area contributed by atoms with E-state index in [0.717, 1.165) is 56.0 Å². The van der Waals surface area contributed by atoms with Crippen LogP contribution in [0.4, 0.5) is 0 Å². The Morgan fingerprint density at radius 1 is 0.392 bits per heavy atom. The number of likely N-dealkylation sites (tertiary alicyclic amines) is 1. The molecule has 3 rings (SSSR count). The smallest absolute Gasteiger partial charge is 0.219 e. The maximum absolute atomic E-state index is 10.7. The van der Waals surface area contributed by atoms with Crippen LogP contribution in [0.5, 0.6) is 0 Å². The number of benzene rings is 2. The van der Waals surface area contributed by atoms with Crippen molar-refractivity contribution in [2.75, 3.05) is 62.4 Å². The summed E-state index contributed by atoms with van der Waals surface area (Å²) in [7, 11) is 10.5. The molecule has 25 nitrogen and oxygen atoms in total. The second-order valence-corrected chi connectivity index (χ2v) is 15.5. The molecule has 1 aliphatic heterocycles. The van der Waals surface area contributed by atoms with E-state index < -0.39 is 0 Å². The number of piperidine rings is 1. The normalized spacial score (nSPS) is 7.10. The highest BCUT2D eigenvalue weighted by atomic mass is 16.3. The Bertz CT molecular complexity index is 1060. The molecule has 2 aromatic rings. The molecule has 0 aromatic heterocycles. The Labute approximate surface area is 603 Å². The van der Waals surface area contributed by atoms with Gasteiger partial charge in [-0.2, -0.15) is 0 Å². The molecule has 1 saturated heterocycles. The summed E-state index contributed by atoms with van der Waals surface area (Å²) in [5.74, 6) is 3.72. The molecule has 0 radical (unpaired) electrons. The van der Waals surface area contributed by atoms with E-state index >= 15 is 0 Å². The van der Waals surface area contributed by atoms with Crippen molar-refractivity contribution in [2.24, 2.45) is 63.8 Å². The van der Waals surface area contributed by atoms with Gasteiger partial charge < -0.3 is 127 Å². The van der Waals surface area contributed by atoms with Gasteiger partial charge in [0.25, 0.3) is 0 Å². The first kappa shape index (κ1) is 198. The van der Waals surface area contributed by atoms with Crippen LogP contribution in [0.25, 0.3) is 0 Å². The van der Waals surface area contributed by atoms with Crippen molar-refractivity contribution in [2.45, 2.75) is 223 Å². The first-order valence-corrected chi connectivity index (χ1v) is 30.7. The average molecular weight is 1420 g/mol. The zero-order valence-corrected chi connectivity index (χ0v) is 69.5. The maximum atomic E-state index is 10.7. The van der Waals surface area contributed by atoms with Crippen molar-refractivity contribution in [3.63, 3.8) is 0 Å². The van der Waals surface area contributed by atoms with Gasteiger partial charge in [0.05, 0.1) is 0 Å². The molecule has 25 heteroatoms. The number of hydrogen-bond donors (Lipinski definition) is 12. The minimum absolute atomic E-state index is 0. The molecule has 0 bridgehead atoms. The summed E-state index contributed by atoms with van der Waals surface area (Å²) < 4.78 is 0. The van der Waals surface area contributed by atoms with Crippen LogP contribution in [0.3, 0.4) is 0 Å². The van der Waals surface area contributed by atoms with Gasteiger partial charge in [0.2, 0.25) is 5.91 Å². The summed E-state index contributed by atoms with van der Waals surface area (Å²) in [5, 5.41) is 8.06. The number of allylic oxidation sites excluding steroid dienone is 2. The van der Waals surface area contributed by atoms with E-state index in [-0.39, 0.29) is 36.6 Å². The van der Waals surface area contributed by atoms with E-state index in [4.69, 9.17) is 57.8 Å². The largest absolute Gasteiger partial charge is 0.394 e. The van der Waals surface area contributed by atoms with Gasteiger partial charge in [-0.15, -0.1) is 0 Å². The van der Waals surface area contributed by atoms with Gasteiger partial charge in [0.1, 0.15) is 74.7 Å². The number of hydrogen-bond acceptors (Lipinski definition) is 24. The standard InChI is InChI=1S/2C8H10.C7H13NO.3C5H12.C5H10.C4H10.C3H8O.2C2H6.7CH5N.11CH2O.4H3N/c2*1-2-8-6-4-3-5-7-8;1-7(9)8-5-3-2-4-6-8;3*1-4-5(2)3;1-3-5-4-2;1-4(2)3;1-3(2)4;20*1-2;;;;/h2*3-7H,2H2,1H3;2-6H2,1H3;3*5H,4H2,1-3H3;3,5H,4H2,1-2H3;4H,1-3H3;3-4H,1-2H3;2*1-2H3;7*2H2,1H3;11*1H2;4*1H3/b;;;;;;5-3-;;;;;;;;;;;;;;;;;;;;;;;;;;. The number of nitrogens with two attached hydrogens (primary N) is 7. The molecule has 2 aromatic carbocycles. The lowest BCUT2D eigenvalue weighted by Crippen LogP contribution is -2.33. The highest BCUT2D eigenvalue weighted by Gasteiger charge is 2.11. The molecular formula is C72H178N12O13. The van der Waals surface area contributed by atoms with Gasteiger partial charge in [-0.05, 0) is 143 Å². The van der Waals surface area contributed by atoms with Crippen LogP contribution in [0, 0.1) is 23.7 Å². The molecule has 604 valence electrons. The Kier molecular flexibility index (Phi) is 756. The summed E-state index contributed by atoms with van der Waals surface area (Å²) >= 11 is 0. The third kappa shape index (κ3) is 610. The van der Waals surface area contributed by atoms with Crippen LogP contribution in [-0.4, -0.2) is 159 Å². The molecule has 0 atom stereocenters. The van der Waals surface area contributed by atoms with Crippen LogP contribution < -0.4 is 64.7 Å². The number of amides is 1. The molecule has 0 saturated carbocycles. The number of aliphatic hydroxyl groups excluding tert-OH is 1. The minimum Gasteiger partial charge on any atom is -0.394 e. The third-order valence-electron chi connectivity index (χ3n) is 7.22. The van der Waals surface area contributed by atoms with Crippen LogP contribution in [0.2, 0.25) is 0 Å². The van der Waals surface area contributed by atoms with Crippen molar-refractivity contribution < 1.29 is 62.6 Å². The van der Waals surface area contributed by atoms with Gasteiger partial charge >= 0.3 is 0 Å². The Balaban J connectivity index is -0.0000000175. The Morgan fingerprint density at radius 3 is 0.598 bits per heavy atom. The molecule has 0 spiro atoms. The van der Waals surface area contributed by atoms with E-state index in [1.807, 2.05) is 126 Å². The van der Waals surface area contributed by atoms with E-state index in [1.54, 1.807) is 20.8 Å². The van der Waals surface area contributed by atoms with E-state index in [2.05, 4.69) is 205 Å². The van der Waals surface area contributed by atoms with Crippen molar-refractivity contribution in [3.05, 3.63) is 83.9 Å². The average Bonchev–Trinajstić information content (AvgIpc) is 3.79. The summed E-state index contributed by atoms with van der Waals surface area (Å²) in [5.41, 5.74) is 34.3. The topological polar surface area (TPSA) is 550 Å². The molecule has 1 fully saturated rings. The molecule has 0 unspecified atom stereocenters. The van der Waals surface area contributed by atoms with Crippen molar-refractivity contribution in [1.29, 1.82) is 0 Å². The van der Waals surface area contributed by atoms with Gasteiger partial charge in [0, 0.05) is 26.1 Å². The van der Waals surface area contributed by atoms with Crippen molar-refractivity contribution in [1.82, 2.24) is 29.5 Å². The summed E-state index contributed by atoms with van der Waals surface area (Å²) in [6, 6.07) is 20.9. The quantitative estimate of drug-likeness (QED) is 0.120. The van der Waals surface area contributed by atoms with Gasteiger partial charge in [0.15, 0.2) is 0 Å². The molecule has 27 N–H and O–H groups in total. The van der Waals surface area contributed by atoms with Crippen LogP contribution in [-0.2, 0) is 70.4 Å². The number of carbonyl (C=O) groups is 12. The number of carbonyl (C=O) groups excluding carboxylic acids is 12. The number of aliphatic hydroxyl groups is 1. The Morgan fingerprint density at radius 2 is 0.536 bits per heavy atom. The highest BCUT2D eigenvalue weighted by molar-refractivity contribution is 5.73. The van der Waals surface area contributed by atoms with Crippen LogP contribution >= 0.6 is 0 Å². The maximum Gasteiger partial charge on any atom is 0.219 e. The molecule has 1 heterocycles. The number of rotatable bonds is 6. The molecule has 0 aliphatic carbocycles. The van der Waals surface area contributed by atoms with Crippen molar-refractivity contribution >= 4 is 80.6 Å². The van der Waals surface area contributed by atoms with Gasteiger partial charge in [-0.1, -0.05) is 224 Å². The van der Waals surface area contributed by atoms with Gasteiger partial charge in [-0.3, -0.25) is 4.79 Å². The fourth-order valence-electron chi connectivity index (χ4n) is 2.87. The third-order valence-corrected chi connectivity index (χ3v) is 7.22. The monoisotopic (exact) mass is 1420 g/mol. The van der Waals surface area contributed by atoms with Crippen LogP contribution in [0.15, 0.2) is 72.8 Å². The van der Waals surface area contributed by atoms with E-state index in [1.165, 1.54) is 99.0 Å². The lowest BCUT2D eigenvalue weighted by atomic mass is 10.1. The van der Waals surface area contributed by atoms with Crippen molar-refractivity contribution in [3.8, 4) is 0 Å². The molecular weight excluding hydrogens is 1240 g/mol. The zero-order valence-electron chi connectivity index (χ0n) is 69.5. The predicted octanol–water partition coefficient (Wildman–Crippen LogP) is 13.4. The fraction of sp³-hybridized carbons (Fsp3) is 0.639. The van der Waals surface area contributed by atoms with E-state index in [0.29, 0.717) is 0 Å². The Hall–Kier alpha value is -6.46. The minimum atomic E-state index is -0.167. The second kappa shape index (κ2) is 370. The number of nitrogens with zero attached hydrogens (tertiary/aromatic N) is 1. The first-order valence-electron chi connectivity index (χ1n) is 30.7. The molecule has 1 amide bonds. The first-order chi connectivity index (χ1) is 44.9. The fourth-order valence-corrected chi connectivity index (χ4v) is 2.87. The SMILES string of the molecule is C/C=C\CC.C=O.C=O.C=O.C=O.C=O.C=O.C=O.C=O.C=O.C=O.C=O.CC.CC.CC(=O)N1CCCCC1.CC(C)C.CC(C)O.CCC(C)C.CCC(C)C.CCC(C)C.CCc1ccccc1.CCc1ccccc1.CN.CN.CN.CN.CN.CN.CN.N.N.N.N. The lowest BCUT2D eigenvalue weighted by molar-refractivity contribution is -0.129. The lowest BCUT2D eigenvalue weighted by Gasteiger charge is -2.24.